The standard InChI is InChI=1S/C17H21N3O/c21-12-13-5-6-16-15(11-13)18-17-7-10-19(14-3-1-4-14)8-2-9-20(16)17/h5-6,11-12,14H,1-4,7-10H2. The highest BCUT2D eigenvalue weighted by atomic mass is 16.1. The first-order valence-electron chi connectivity index (χ1n) is 8.03. The van der Waals surface area contributed by atoms with Crippen LogP contribution in [0.4, 0.5) is 0 Å². The van der Waals surface area contributed by atoms with E-state index in [1.165, 1.54) is 43.6 Å². The zero-order valence-corrected chi connectivity index (χ0v) is 12.3. The predicted octanol–water partition coefficient (Wildman–Crippen LogP) is 2.65. The van der Waals surface area contributed by atoms with Crippen LogP contribution in [0.25, 0.3) is 11.0 Å². The summed E-state index contributed by atoms with van der Waals surface area (Å²) in [6.45, 7) is 3.36. The van der Waals surface area contributed by atoms with Gasteiger partial charge in [0.05, 0.1) is 11.0 Å². The van der Waals surface area contributed by atoms with Crippen LogP contribution in [-0.4, -0.2) is 39.9 Å². The van der Waals surface area contributed by atoms with Crippen molar-refractivity contribution in [2.24, 2.45) is 0 Å². The van der Waals surface area contributed by atoms with Crippen LogP contribution < -0.4 is 0 Å². The number of hydrogen-bond donors (Lipinski definition) is 0. The fraction of sp³-hybridized carbons (Fsp3) is 0.529. The number of rotatable bonds is 2. The molecule has 0 saturated heterocycles. The lowest BCUT2D eigenvalue weighted by Gasteiger charge is -2.38. The summed E-state index contributed by atoms with van der Waals surface area (Å²) in [5.41, 5.74) is 2.85. The molecular formula is C17H21N3O. The molecule has 110 valence electrons. The maximum absolute atomic E-state index is 10.9. The van der Waals surface area contributed by atoms with Crippen LogP contribution in [0.1, 0.15) is 41.9 Å². The zero-order valence-electron chi connectivity index (χ0n) is 12.3. The number of aldehydes is 1. The quantitative estimate of drug-likeness (QED) is 0.795. The third-order valence-corrected chi connectivity index (χ3v) is 5.03. The van der Waals surface area contributed by atoms with Crippen molar-refractivity contribution < 1.29 is 4.79 Å². The SMILES string of the molecule is O=Cc1ccc2c(c1)nc1n2CCCN(C2CCC2)CC1. The number of carbonyl (C=O) groups is 1. The van der Waals surface area contributed by atoms with Gasteiger partial charge in [-0.2, -0.15) is 0 Å². The van der Waals surface area contributed by atoms with Gasteiger partial charge in [0.25, 0.3) is 0 Å². The van der Waals surface area contributed by atoms with Gasteiger partial charge in [0.1, 0.15) is 12.1 Å². The molecular weight excluding hydrogens is 262 g/mol. The second-order valence-electron chi connectivity index (χ2n) is 6.27. The molecule has 1 aliphatic heterocycles. The molecule has 0 unspecified atom stereocenters. The van der Waals surface area contributed by atoms with Crippen molar-refractivity contribution in [2.75, 3.05) is 13.1 Å². The number of aromatic nitrogens is 2. The van der Waals surface area contributed by atoms with Crippen molar-refractivity contribution in [1.29, 1.82) is 0 Å². The van der Waals surface area contributed by atoms with E-state index in [2.05, 4.69) is 9.47 Å². The Morgan fingerprint density at radius 3 is 2.81 bits per heavy atom. The lowest BCUT2D eigenvalue weighted by atomic mass is 9.91. The van der Waals surface area contributed by atoms with Gasteiger partial charge in [-0.25, -0.2) is 4.98 Å². The minimum Gasteiger partial charge on any atom is -0.328 e. The van der Waals surface area contributed by atoms with Crippen LogP contribution in [0.5, 0.6) is 0 Å². The van der Waals surface area contributed by atoms with Crippen LogP contribution >= 0.6 is 0 Å². The first-order chi connectivity index (χ1) is 10.3. The molecule has 21 heavy (non-hydrogen) atoms. The molecule has 0 spiro atoms. The third kappa shape index (κ3) is 2.27. The second-order valence-corrected chi connectivity index (χ2v) is 6.27. The molecule has 2 heterocycles. The minimum atomic E-state index is 0.713. The van der Waals surface area contributed by atoms with Crippen LogP contribution in [0.3, 0.4) is 0 Å². The summed E-state index contributed by atoms with van der Waals surface area (Å²) in [4.78, 5) is 18.4. The Balaban J connectivity index is 1.65. The fourth-order valence-electron chi connectivity index (χ4n) is 3.61. The van der Waals surface area contributed by atoms with Gasteiger partial charge in [0.15, 0.2) is 0 Å². The van der Waals surface area contributed by atoms with Gasteiger partial charge < -0.3 is 4.57 Å². The average Bonchev–Trinajstić information content (AvgIpc) is 2.76. The van der Waals surface area contributed by atoms with E-state index < -0.39 is 0 Å². The number of aryl methyl sites for hydroxylation is 1. The molecule has 0 bridgehead atoms. The van der Waals surface area contributed by atoms with Gasteiger partial charge in [0, 0.05) is 37.7 Å². The summed E-state index contributed by atoms with van der Waals surface area (Å²) in [7, 11) is 0. The summed E-state index contributed by atoms with van der Waals surface area (Å²) < 4.78 is 2.35. The van der Waals surface area contributed by atoms with E-state index in [0.717, 1.165) is 37.4 Å². The molecule has 0 radical (unpaired) electrons. The van der Waals surface area contributed by atoms with Gasteiger partial charge in [-0.3, -0.25) is 9.69 Å². The number of imidazole rings is 1. The van der Waals surface area contributed by atoms with Crippen molar-refractivity contribution in [2.45, 2.75) is 44.7 Å². The summed E-state index contributed by atoms with van der Waals surface area (Å²) in [5.74, 6) is 1.18. The Morgan fingerprint density at radius 2 is 2.05 bits per heavy atom. The molecule has 0 N–H and O–H groups in total. The van der Waals surface area contributed by atoms with Crippen molar-refractivity contribution in [3.63, 3.8) is 0 Å². The average molecular weight is 283 g/mol. The van der Waals surface area contributed by atoms with Crippen LogP contribution in [0, 0.1) is 0 Å². The van der Waals surface area contributed by atoms with E-state index in [9.17, 15) is 4.79 Å². The molecule has 0 amide bonds. The van der Waals surface area contributed by atoms with Crippen LogP contribution in [0.15, 0.2) is 18.2 Å². The first-order valence-corrected chi connectivity index (χ1v) is 8.03. The summed E-state index contributed by atoms with van der Waals surface area (Å²) >= 11 is 0. The van der Waals surface area contributed by atoms with Crippen molar-refractivity contribution in [1.82, 2.24) is 14.5 Å². The van der Waals surface area contributed by atoms with Crippen LogP contribution in [0.2, 0.25) is 0 Å². The molecule has 1 saturated carbocycles. The van der Waals surface area contributed by atoms with Crippen molar-refractivity contribution >= 4 is 17.3 Å². The van der Waals surface area contributed by atoms with E-state index in [0.29, 0.717) is 5.56 Å². The van der Waals surface area contributed by atoms with E-state index in [1.807, 2.05) is 18.2 Å². The highest BCUT2D eigenvalue weighted by Crippen LogP contribution is 2.27. The number of benzene rings is 1. The van der Waals surface area contributed by atoms with Gasteiger partial charge in [-0.1, -0.05) is 6.42 Å². The number of fused-ring (bicyclic) bond motifs is 3. The zero-order chi connectivity index (χ0) is 14.2. The maximum atomic E-state index is 10.9. The fourth-order valence-corrected chi connectivity index (χ4v) is 3.61. The van der Waals surface area contributed by atoms with Crippen LogP contribution in [-0.2, 0) is 13.0 Å². The minimum absolute atomic E-state index is 0.713. The Bertz CT molecular complexity index is 672. The summed E-state index contributed by atoms with van der Waals surface area (Å²) in [6.07, 6.45) is 7.24. The van der Waals surface area contributed by atoms with Crippen molar-refractivity contribution in [3.05, 3.63) is 29.6 Å². The normalized spacial score (nSPS) is 20.6. The molecule has 4 nitrogen and oxygen atoms in total. The van der Waals surface area contributed by atoms with Gasteiger partial charge in [-0.05, 0) is 37.5 Å². The second kappa shape index (κ2) is 5.26. The Labute approximate surface area is 124 Å². The lowest BCUT2D eigenvalue weighted by Crippen LogP contribution is -2.43. The highest BCUT2D eigenvalue weighted by Gasteiger charge is 2.26. The molecule has 1 aromatic heterocycles. The molecule has 4 rings (SSSR count). The van der Waals surface area contributed by atoms with E-state index in [-0.39, 0.29) is 0 Å². The number of hydrogen-bond acceptors (Lipinski definition) is 3. The monoisotopic (exact) mass is 283 g/mol. The molecule has 2 aliphatic rings. The maximum Gasteiger partial charge on any atom is 0.150 e. The third-order valence-electron chi connectivity index (χ3n) is 5.03. The predicted molar refractivity (Wildman–Crippen MR) is 82.7 cm³/mol. The van der Waals surface area contributed by atoms with E-state index >= 15 is 0 Å². The number of nitrogens with zero attached hydrogens (tertiary/aromatic N) is 3. The van der Waals surface area contributed by atoms with E-state index in [1.54, 1.807) is 0 Å². The van der Waals surface area contributed by atoms with Crippen molar-refractivity contribution in [3.8, 4) is 0 Å². The Hall–Kier alpha value is -1.68. The van der Waals surface area contributed by atoms with Gasteiger partial charge in [-0.15, -0.1) is 0 Å². The molecule has 1 aromatic carbocycles. The van der Waals surface area contributed by atoms with Gasteiger partial charge in [0.2, 0.25) is 0 Å². The van der Waals surface area contributed by atoms with E-state index in [4.69, 9.17) is 4.98 Å². The lowest BCUT2D eigenvalue weighted by molar-refractivity contribution is 0.112. The summed E-state index contributed by atoms with van der Waals surface area (Å²) in [5, 5.41) is 0. The van der Waals surface area contributed by atoms with Gasteiger partial charge >= 0.3 is 0 Å². The molecule has 0 atom stereocenters. The topological polar surface area (TPSA) is 38.1 Å². The Kier molecular flexibility index (Phi) is 3.26. The number of carbonyl (C=O) groups excluding carboxylic acids is 1. The molecule has 1 fully saturated rings. The smallest absolute Gasteiger partial charge is 0.150 e. The molecule has 4 heteroatoms. The Morgan fingerprint density at radius 1 is 1.14 bits per heavy atom. The first kappa shape index (κ1) is 13.0. The summed E-state index contributed by atoms with van der Waals surface area (Å²) in [6, 6.07) is 6.66. The largest absolute Gasteiger partial charge is 0.328 e. The highest BCUT2D eigenvalue weighted by molar-refractivity contribution is 5.85. The molecule has 1 aliphatic carbocycles. The molecule has 2 aromatic rings.